The van der Waals surface area contributed by atoms with Gasteiger partial charge in [0.15, 0.2) is 0 Å². The molecule has 3 saturated carbocycles. The number of likely N-dealkylation sites (tertiary alicyclic amines) is 1. The number of allylic oxidation sites excluding steroid dienone is 1. The molecule has 6 rings (SSSR count). The number of carbonyl (C=O) groups excluding carboxylic acids is 2. The van der Waals surface area contributed by atoms with Crippen molar-refractivity contribution in [2.24, 2.45) is 46.3 Å². The number of nitrogens with zero attached hydrogens (tertiary/aromatic N) is 1. The van der Waals surface area contributed by atoms with Gasteiger partial charge in [0.25, 0.3) is 0 Å². The van der Waals surface area contributed by atoms with Crippen LogP contribution in [0.5, 0.6) is 0 Å². The molecule has 0 N–H and O–H groups in total. The first-order valence-corrected chi connectivity index (χ1v) is 15.9. The number of hydrogen-bond acceptors (Lipinski definition) is 4. The van der Waals surface area contributed by atoms with E-state index in [1.807, 2.05) is 6.92 Å². The highest BCUT2D eigenvalue weighted by Crippen LogP contribution is 2.70. The van der Waals surface area contributed by atoms with Crippen LogP contribution in [0, 0.1) is 46.3 Å². The molecule has 5 heteroatoms. The molecule has 1 spiro atoms. The number of piperidine rings is 1. The minimum Gasteiger partial charge on any atom is -0.462 e. The molecule has 212 valence electrons. The second-order valence-electron chi connectivity index (χ2n) is 14.7. The third kappa shape index (κ3) is 3.79. The van der Waals surface area contributed by atoms with Crippen LogP contribution in [-0.2, 0) is 19.1 Å². The molecule has 0 aromatic carbocycles. The summed E-state index contributed by atoms with van der Waals surface area (Å²) in [5.41, 5.74) is 1.71. The van der Waals surface area contributed by atoms with Gasteiger partial charge in [-0.15, -0.1) is 0 Å². The van der Waals surface area contributed by atoms with Crippen LogP contribution in [0.3, 0.4) is 0 Å². The zero-order chi connectivity index (χ0) is 27.0. The van der Waals surface area contributed by atoms with Crippen LogP contribution >= 0.6 is 0 Å². The van der Waals surface area contributed by atoms with Crippen LogP contribution < -0.4 is 0 Å². The first-order valence-electron chi connectivity index (χ1n) is 15.9. The van der Waals surface area contributed by atoms with Crippen LogP contribution in [0.25, 0.3) is 0 Å². The summed E-state index contributed by atoms with van der Waals surface area (Å²) in [7, 11) is 0. The highest BCUT2D eigenvalue weighted by molar-refractivity contribution is 5.74. The van der Waals surface area contributed by atoms with Crippen molar-refractivity contribution in [1.29, 1.82) is 0 Å². The Morgan fingerprint density at radius 2 is 1.89 bits per heavy atom. The second kappa shape index (κ2) is 9.35. The summed E-state index contributed by atoms with van der Waals surface area (Å²) in [4.78, 5) is 27.1. The van der Waals surface area contributed by atoms with E-state index in [9.17, 15) is 9.59 Å². The molecule has 0 aromatic heterocycles. The van der Waals surface area contributed by atoms with E-state index < -0.39 is 5.72 Å². The van der Waals surface area contributed by atoms with Crippen molar-refractivity contribution >= 4 is 11.9 Å². The molecule has 0 unspecified atom stereocenters. The quantitative estimate of drug-likeness (QED) is 0.297. The minimum atomic E-state index is -0.391. The van der Waals surface area contributed by atoms with Gasteiger partial charge in [-0.05, 0) is 98.2 Å². The summed E-state index contributed by atoms with van der Waals surface area (Å²) in [6, 6.07) is 0. The normalized spacial score (nSPS) is 49.5. The van der Waals surface area contributed by atoms with Crippen molar-refractivity contribution in [3.63, 3.8) is 0 Å². The standard InChI is InChI=1S/C33H51NO4/c1-7-8-29(36)37-24-12-14-31(5)23(17-24)9-10-25-26(31)13-15-32(6)27(25)18-28-30(32)21(3)33(38-28)16-11-20(2)19-34(33)22(4)35/h9,20-21,24-28,30H,7-8,10-19H2,1-6H3/t20-,21-,24+,25+,26-,27+,28+,30-,31-,32-,33+/m0/s1. The van der Waals surface area contributed by atoms with Gasteiger partial charge in [-0.25, -0.2) is 0 Å². The predicted molar refractivity (Wildman–Crippen MR) is 148 cm³/mol. The highest BCUT2D eigenvalue weighted by Gasteiger charge is 2.69. The van der Waals surface area contributed by atoms with E-state index in [4.69, 9.17) is 9.47 Å². The third-order valence-corrected chi connectivity index (χ3v) is 12.8. The maximum Gasteiger partial charge on any atom is 0.306 e. The van der Waals surface area contributed by atoms with E-state index in [0.29, 0.717) is 36.0 Å². The van der Waals surface area contributed by atoms with Gasteiger partial charge < -0.3 is 14.4 Å². The summed E-state index contributed by atoms with van der Waals surface area (Å²) in [5.74, 6) is 3.76. The van der Waals surface area contributed by atoms with Crippen LogP contribution in [0.2, 0.25) is 0 Å². The second-order valence-corrected chi connectivity index (χ2v) is 14.7. The first-order chi connectivity index (χ1) is 18.0. The maximum atomic E-state index is 12.8. The van der Waals surface area contributed by atoms with Crippen molar-refractivity contribution in [2.75, 3.05) is 6.54 Å². The average Bonchev–Trinajstić information content (AvgIpc) is 3.31. The van der Waals surface area contributed by atoms with Crippen molar-refractivity contribution in [3.8, 4) is 0 Å². The summed E-state index contributed by atoms with van der Waals surface area (Å²) >= 11 is 0. The highest BCUT2D eigenvalue weighted by atomic mass is 16.5. The molecule has 5 nitrogen and oxygen atoms in total. The molecular weight excluding hydrogens is 474 g/mol. The van der Waals surface area contributed by atoms with Crippen molar-refractivity contribution < 1.29 is 19.1 Å². The molecular formula is C33H51NO4. The molecule has 2 heterocycles. The maximum absolute atomic E-state index is 12.8. The lowest BCUT2D eigenvalue weighted by Crippen LogP contribution is -2.60. The number of esters is 1. The fraction of sp³-hybridized carbons (Fsp3) is 0.879. The van der Waals surface area contributed by atoms with Gasteiger partial charge in [0.2, 0.25) is 5.91 Å². The van der Waals surface area contributed by atoms with Crippen LogP contribution in [0.4, 0.5) is 0 Å². The molecule has 0 bridgehead atoms. The van der Waals surface area contributed by atoms with Crippen molar-refractivity contribution in [1.82, 2.24) is 4.90 Å². The van der Waals surface area contributed by atoms with E-state index in [1.165, 1.54) is 19.3 Å². The van der Waals surface area contributed by atoms with Gasteiger partial charge in [-0.1, -0.05) is 46.3 Å². The van der Waals surface area contributed by atoms with E-state index in [2.05, 4.69) is 38.7 Å². The van der Waals surface area contributed by atoms with E-state index in [-0.39, 0.29) is 34.9 Å². The molecule has 2 aliphatic heterocycles. The van der Waals surface area contributed by atoms with Crippen molar-refractivity contribution in [3.05, 3.63) is 11.6 Å². The Morgan fingerprint density at radius 3 is 2.63 bits per heavy atom. The number of rotatable bonds is 3. The number of carbonyl (C=O) groups is 2. The third-order valence-electron chi connectivity index (χ3n) is 12.8. The van der Waals surface area contributed by atoms with Gasteiger partial charge >= 0.3 is 5.97 Å². The Kier molecular flexibility index (Phi) is 6.60. The lowest BCUT2D eigenvalue weighted by atomic mass is 9.46. The lowest BCUT2D eigenvalue weighted by Gasteiger charge is -2.59. The molecule has 1 amide bonds. The number of ether oxygens (including phenoxy) is 2. The fourth-order valence-corrected chi connectivity index (χ4v) is 11.0. The molecule has 0 aromatic rings. The summed E-state index contributed by atoms with van der Waals surface area (Å²) in [5, 5.41) is 0. The number of fused-ring (bicyclic) bond motifs is 7. The van der Waals surface area contributed by atoms with Crippen LogP contribution in [-0.4, -0.2) is 41.3 Å². The molecule has 11 atom stereocenters. The van der Waals surface area contributed by atoms with Crippen LogP contribution in [0.1, 0.15) is 112 Å². The van der Waals surface area contributed by atoms with Crippen molar-refractivity contribution in [2.45, 2.75) is 130 Å². The Bertz CT molecular complexity index is 1010. The van der Waals surface area contributed by atoms with E-state index >= 15 is 0 Å². The number of hydrogen-bond donors (Lipinski definition) is 0. The number of amides is 1. The molecule has 5 fully saturated rings. The molecule has 2 saturated heterocycles. The molecule has 38 heavy (non-hydrogen) atoms. The summed E-state index contributed by atoms with van der Waals surface area (Å²) in [6.07, 6.45) is 14.4. The summed E-state index contributed by atoms with van der Waals surface area (Å²) in [6.45, 7) is 14.4. The zero-order valence-electron chi connectivity index (χ0n) is 24.8. The Morgan fingerprint density at radius 1 is 1.11 bits per heavy atom. The Hall–Kier alpha value is -1.36. The molecule has 4 aliphatic carbocycles. The lowest BCUT2D eigenvalue weighted by molar-refractivity contribution is -0.200. The molecule has 0 radical (unpaired) electrons. The van der Waals surface area contributed by atoms with E-state index in [1.54, 1.807) is 12.5 Å². The van der Waals surface area contributed by atoms with Gasteiger partial charge in [0, 0.05) is 32.2 Å². The monoisotopic (exact) mass is 525 g/mol. The Balaban J connectivity index is 1.22. The minimum absolute atomic E-state index is 0.0241. The van der Waals surface area contributed by atoms with Gasteiger partial charge in [-0.2, -0.15) is 0 Å². The smallest absolute Gasteiger partial charge is 0.306 e. The van der Waals surface area contributed by atoms with Gasteiger partial charge in [-0.3, -0.25) is 9.59 Å². The zero-order valence-corrected chi connectivity index (χ0v) is 24.8. The van der Waals surface area contributed by atoms with Crippen LogP contribution in [0.15, 0.2) is 11.6 Å². The summed E-state index contributed by atoms with van der Waals surface area (Å²) < 4.78 is 13.0. The van der Waals surface area contributed by atoms with Gasteiger partial charge in [0.1, 0.15) is 11.8 Å². The SMILES string of the molecule is CCCC(=O)O[C@@H]1CC[C@@]2(C)C(=CC[C@H]3[C@H]4C[C@H]5O[C@]6(CC[C@H](C)CN6C(C)=O)[C@@H](C)[C@@H]5[C@@]4(C)CC[C@@H]32)C1. The first kappa shape index (κ1) is 26.8. The van der Waals surface area contributed by atoms with Gasteiger partial charge in [0.05, 0.1) is 6.10 Å². The fourth-order valence-electron chi connectivity index (χ4n) is 11.0. The average molecular weight is 526 g/mol. The molecule has 6 aliphatic rings. The predicted octanol–water partition coefficient (Wildman–Crippen LogP) is 6.90. The largest absolute Gasteiger partial charge is 0.462 e. The topological polar surface area (TPSA) is 55.8 Å². The van der Waals surface area contributed by atoms with E-state index in [0.717, 1.165) is 57.4 Å². The Labute approximate surface area is 230 Å².